The van der Waals surface area contributed by atoms with Gasteiger partial charge in [-0.1, -0.05) is 0 Å². The third-order valence-corrected chi connectivity index (χ3v) is 4.04. The molecule has 20 heavy (non-hydrogen) atoms. The summed E-state index contributed by atoms with van der Waals surface area (Å²) in [6.45, 7) is 1.69. The molecule has 0 aliphatic carbocycles. The highest BCUT2D eigenvalue weighted by molar-refractivity contribution is 9.10. The van der Waals surface area contributed by atoms with Gasteiger partial charge in [0.25, 0.3) is 0 Å². The minimum atomic E-state index is -0.304. The average Bonchev–Trinajstić information content (AvgIpc) is 2.77. The van der Waals surface area contributed by atoms with E-state index in [1.54, 1.807) is 12.4 Å². The lowest BCUT2D eigenvalue weighted by atomic mass is 10.1. The van der Waals surface area contributed by atoms with E-state index in [0.29, 0.717) is 0 Å². The van der Waals surface area contributed by atoms with E-state index in [0.717, 1.165) is 33.4 Å². The Hall–Kier alpha value is -0.760. The molecular formula is C13H17Br2N5. The van der Waals surface area contributed by atoms with Crippen LogP contribution in [0.4, 0.5) is 0 Å². The third kappa shape index (κ3) is 3.66. The van der Waals surface area contributed by atoms with E-state index in [4.69, 9.17) is 5.73 Å². The van der Waals surface area contributed by atoms with E-state index >= 15 is 0 Å². The molecule has 0 radical (unpaired) electrons. The van der Waals surface area contributed by atoms with Crippen molar-refractivity contribution in [2.75, 3.05) is 20.6 Å². The first kappa shape index (κ1) is 15.6. The number of nitrogens with two attached hydrogens (primary N) is 1. The summed E-state index contributed by atoms with van der Waals surface area (Å²) in [7, 11) is 4.07. The second-order valence-electron chi connectivity index (χ2n) is 4.78. The summed E-state index contributed by atoms with van der Waals surface area (Å²) in [5.41, 5.74) is 8.10. The molecule has 108 valence electrons. The number of halogens is 2. The quantitative estimate of drug-likeness (QED) is 0.834. The van der Waals surface area contributed by atoms with Gasteiger partial charge < -0.3 is 10.6 Å². The molecule has 0 saturated carbocycles. The fraction of sp³-hybridized carbons (Fsp3) is 0.385. The molecule has 1 unspecified atom stereocenters. The van der Waals surface area contributed by atoms with Crippen LogP contribution in [0.15, 0.2) is 33.5 Å². The molecule has 0 aromatic carbocycles. The fourth-order valence-corrected chi connectivity index (χ4v) is 2.64. The topological polar surface area (TPSA) is 60.0 Å². The lowest BCUT2D eigenvalue weighted by Gasteiger charge is -2.16. The molecule has 0 aliphatic rings. The smallest absolute Gasteiger partial charge is 0.0908 e. The Morgan fingerprint density at radius 2 is 2.05 bits per heavy atom. The Morgan fingerprint density at radius 3 is 2.65 bits per heavy atom. The van der Waals surface area contributed by atoms with Crippen LogP contribution < -0.4 is 5.73 Å². The minimum Gasteiger partial charge on any atom is -0.318 e. The monoisotopic (exact) mass is 401 g/mol. The van der Waals surface area contributed by atoms with Crippen molar-refractivity contribution in [1.29, 1.82) is 0 Å². The van der Waals surface area contributed by atoms with Crippen molar-refractivity contribution in [2.45, 2.75) is 12.6 Å². The standard InChI is InChI=1S/C13H17Br2N5/c1-19(2)5-6-20-13(10(15)8-18-20)12(16)11-4-3-9(14)7-17-11/h3-4,7-8,12H,5-6,16H2,1-2H3. The number of hydrogen-bond donors (Lipinski definition) is 1. The van der Waals surface area contributed by atoms with Crippen molar-refractivity contribution < 1.29 is 0 Å². The molecule has 1 atom stereocenters. The molecule has 0 amide bonds. The summed E-state index contributed by atoms with van der Waals surface area (Å²) in [6, 6.07) is 3.56. The predicted molar refractivity (Wildman–Crippen MR) is 86.4 cm³/mol. The Labute approximate surface area is 135 Å². The molecule has 2 heterocycles. The van der Waals surface area contributed by atoms with Crippen LogP contribution in [0, 0.1) is 0 Å². The normalized spacial score (nSPS) is 12.9. The molecular weight excluding hydrogens is 386 g/mol. The predicted octanol–water partition coefficient (Wildman–Crippen LogP) is 2.41. The lowest BCUT2D eigenvalue weighted by molar-refractivity contribution is 0.367. The van der Waals surface area contributed by atoms with Crippen LogP contribution in [0.5, 0.6) is 0 Å². The second-order valence-corrected chi connectivity index (χ2v) is 6.55. The molecule has 0 aliphatic heterocycles. The molecule has 0 saturated heterocycles. The summed E-state index contributed by atoms with van der Waals surface area (Å²) >= 11 is 6.90. The maximum Gasteiger partial charge on any atom is 0.0908 e. The van der Waals surface area contributed by atoms with Crippen LogP contribution in [0.1, 0.15) is 17.4 Å². The molecule has 0 spiro atoms. The number of likely N-dealkylation sites (N-methyl/N-ethyl adjacent to an activating group) is 1. The Morgan fingerprint density at radius 1 is 1.30 bits per heavy atom. The van der Waals surface area contributed by atoms with Gasteiger partial charge in [0, 0.05) is 17.2 Å². The molecule has 2 aromatic heterocycles. The van der Waals surface area contributed by atoms with Gasteiger partial charge in [-0.15, -0.1) is 0 Å². The highest BCUT2D eigenvalue weighted by Gasteiger charge is 2.19. The van der Waals surface area contributed by atoms with Crippen LogP contribution >= 0.6 is 31.9 Å². The molecule has 0 bridgehead atoms. The fourth-order valence-electron chi connectivity index (χ4n) is 1.87. The van der Waals surface area contributed by atoms with Gasteiger partial charge in [-0.2, -0.15) is 5.10 Å². The molecule has 2 rings (SSSR count). The summed E-state index contributed by atoms with van der Waals surface area (Å²) < 4.78 is 3.78. The van der Waals surface area contributed by atoms with Crippen LogP contribution in [-0.2, 0) is 6.54 Å². The zero-order chi connectivity index (χ0) is 14.7. The highest BCUT2D eigenvalue weighted by Crippen LogP contribution is 2.26. The van der Waals surface area contributed by atoms with Crippen LogP contribution in [0.2, 0.25) is 0 Å². The van der Waals surface area contributed by atoms with E-state index in [1.807, 2.05) is 30.9 Å². The van der Waals surface area contributed by atoms with Gasteiger partial charge in [-0.3, -0.25) is 9.67 Å². The summed E-state index contributed by atoms with van der Waals surface area (Å²) in [5, 5.41) is 4.38. The zero-order valence-electron chi connectivity index (χ0n) is 11.4. The summed E-state index contributed by atoms with van der Waals surface area (Å²) in [4.78, 5) is 6.48. The average molecular weight is 403 g/mol. The van der Waals surface area contributed by atoms with Gasteiger partial charge in [-0.25, -0.2) is 0 Å². The number of pyridine rings is 1. The number of rotatable bonds is 5. The zero-order valence-corrected chi connectivity index (χ0v) is 14.6. The number of hydrogen-bond acceptors (Lipinski definition) is 4. The highest BCUT2D eigenvalue weighted by atomic mass is 79.9. The van der Waals surface area contributed by atoms with Crippen molar-refractivity contribution in [3.05, 3.63) is 44.9 Å². The SMILES string of the molecule is CN(C)CCn1ncc(Br)c1C(N)c1ccc(Br)cn1. The lowest BCUT2D eigenvalue weighted by Crippen LogP contribution is -2.24. The van der Waals surface area contributed by atoms with E-state index in [-0.39, 0.29) is 6.04 Å². The van der Waals surface area contributed by atoms with Crippen molar-refractivity contribution in [1.82, 2.24) is 19.7 Å². The maximum absolute atomic E-state index is 6.34. The van der Waals surface area contributed by atoms with Gasteiger partial charge in [0.05, 0.1) is 34.6 Å². The first-order valence-electron chi connectivity index (χ1n) is 6.22. The van der Waals surface area contributed by atoms with Gasteiger partial charge in [0.1, 0.15) is 0 Å². The Balaban J connectivity index is 2.26. The maximum atomic E-state index is 6.34. The van der Waals surface area contributed by atoms with Crippen LogP contribution in [0.25, 0.3) is 0 Å². The first-order chi connectivity index (χ1) is 9.49. The summed E-state index contributed by atoms with van der Waals surface area (Å²) in [6.07, 6.45) is 3.54. The van der Waals surface area contributed by atoms with E-state index < -0.39 is 0 Å². The van der Waals surface area contributed by atoms with Crippen LogP contribution in [-0.4, -0.2) is 40.3 Å². The van der Waals surface area contributed by atoms with Gasteiger partial charge >= 0.3 is 0 Å². The molecule has 2 aromatic rings. The van der Waals surface area contributed by atoms with Crippen molar-refractivity contribution >= 4 is 31.9 Å². The van der Waals surface area contributed by atoms with Gasteiger partial charge in [0.15, 0.2) is 0 Å². The first-order valence-corrected chi connectivity index (χ1v) is 7.80. The largest absolute Gasteiger partial charge is 0.318 e. The van der Waals surface area contributed by atoms with Crippen molar-refractivity contribution in [2.24, 2.45) is 5.73 Å². The van der Waals surface area contributed by atoms with Crippen molar-refractivity contribution in [3.63, 3.8) is 0 Å². The number of nitrogens with zero attached hydrogens (tertiary/aromatic N) is 4. The van der Waals surface area contributed by atoms with E-state index in [2.05, 4.69) is 46.8 Å². The molecule has 0 fully saturated rings. The van der Waals surface area contributed by atoms with Gasteiger partial charge in [0.2, 0.25) is 0 Å². The molecule has 2 N–H and O–H groups in total. The van der Waals surface area contributed by atoms with Crippen molar-refractivity contribution in [3.8, 4) is 0 Å². The third-order valence-electron chi connectivity index (χ3n) is 2.96. The van der Waals surface area contributed by atoms with E-state index in [9.17, 15) is 0 Å². The molecule has 5 nitrogen and oxygen atoms in total. The van der Waals surface area contributed by atoms with E-state index in [1.165, 1.54) is 0 Å². The number of aromatic nitrogens is 3. The minimum absolute atomic E-state index is 0.304. The summed E-state index contributed by atoms with van der Waals surface area (Å²) in [5.74, 6) is 0. The van der Waals surface area contributed by atoms with Gasteiger partial charge in [-0.05, 0) is 58.1 Å². The Bertz CT molecular complexity index is 565. The Kier molecular flexibility index (Phi) is 5.31. The molecule has 7 heteroatoms. The second kappa shape index (κ2) is 6.80. The van der Waals surface area contributed by atoms with Crippen LogP contribution in [0.3, 0.4) is 0 Å².